The van der Waals surface area contributed by atoms with Crippen LogP contribution in [0.1, 0.15) is 58.8 Å². The summed E-state index contributed by atoms with van der Waals surface area (Å²) in [7, 11) is 0. The van der Waals surface area contributed by atoms with Crippen LogP contribution in [-0.4, -0.2) is 48.9 Å². The second kappa shape index (κ2) is 12.1. The van der Waals surface area contributed by atoms with Crippen molar-refractivity contribution in [3.63, 3.8) is 0 Å². The van der Waals surface area contributed by atoms with E-state index < -0.39 is 5.60 Å². The normalized spacial score (nSPS) is 16.0. The molecule has 8 nitrogen and oxygen atoms in total. The number of carbonyl (C=O) groups is 1. The van der Waals surface area contributed by atoms with Crippen LogP contribution in [0.3, 0.4) is 0 Å². The molecule has 1 amide bonds. The molecule has 1 unspecified atom stereocenters. The van der Waals surface area contributed by atoms with Crippen LogP contribution in [0.5, 0.6) is 0 Å². The number of hydrogen-bond acceptors (Lipinski definition) is 7. The molecule has 3 aromatic heterocycles. The van der Waals surface area contributed by atoms with Gasteiger partial charge in [-0.3, -0.25) is 9.58 Å². The van der Waals surface area contributed by atoms with E-state index in [0.29, 0.717) is 6.54 Å². The highest BCUT2D eigenvalue weighted by Crippen LogP contribution is 2.32. The van der Waals surface area contributed by atoms with Crippen LogP contribution in [0.4, 0.5) is 16.3 Å². The summed E-state index contributed by atoms with van der Waals surface area (Å²) in [4.78, 5) is 24.2. The number of benzene rings is 1. The number of ether oxygens (including phenoxy) is 1. The first-order valence-corrected chi connectivity index (χ1v) is 14.9. The van der Waals surface area contributed by atoms with Gasteiger partial charge in [0.25, 0.3) is 0 Å². The number of nitrogens with zero attached hydrogens (tertiary/aromatic N) is 5. The molecule has 4 heterocycles. The summed E-state index contributed by atoms with van der Waals surface area (Å²) in [6.07, 6.45) is 12.4. The van der Waals surface area contributed by atoms with E-state index in [1.165, 1.54) is 5.57 Å². The number of anilines is 2. The van der Waals surface area contributed by atoms with Crippen molar-refractivity contribution in [2.75, 3.05) is 11.9 Å². The minimum atomic E-state index is -0.530. The average molecular weight is 569 g/mol. The van der Waals surface area contributed by atoms with Gasteiger partial charge in [0.1, 0.15) is 11.9 Å². The van der Waals surface area contributed by atoms with Crippen molar-refractivity contribution in [2.45, 2.75) is 72.1 Å². The Balaban J connectivity index is 1.33. The van der Waals surface area contributed by atoms with Gasteiger partial charge in [-0.1, -0.05) is 37.0 Å². The van der Waals surface area contributed by atoms with Crippen LogP contribution in [0.15, 0.2) is 60.6 Å². The zero-order valence-electron chi connectivity index (χ0n) is 24.3. The zero-order chi connectivity index (χ0) is 29.0. The first-order valence-electron chi connectivity index (χ1n) is 14.0. The molecule has 9 heteroatoms. The van der Waals surface area contributed by atoms with Crippen molar-refractivity contribution in [3.05, 3.63) is 65.5 Å². The quantitative estimate of drug-likeness (QED) is 0.192. The van der Waals surface area contributed by atoms with E-state index in [0.717, 1.165) is 63.3 Å². The highest BCUT2D eigenvalue weighted by atomic mass is 32.1. The second-order valence-corrected chi connectivity index (χ2v) is 12.1. The lowest BCUT2D eigenvalue weighted by Gasteiger charge is -2.26. The van der Waals surface area contributed by atoms with Gasteiger partial charge in [-0.2, -0.15) is 5.10 Å². The number of nitrogens with one attached hydrogen (secondary N) is 1. The van der Waals surface area contributed by atoms with Crippen molar-refractivity contribution >= 4 is 50.1 Å². The molecule has 5 rings (SSSR count). The Morgan fingerprint density at radius 3 is 2.90 bits per heavy atom. The molecule has 1 fully saturated rings. The zero-order valence-corrected chi connectivity index (χ0v) is 25.1. The minimum absolute atomic E-state index is 0.155. The summed E-state index contributed by atoms with van der Waals surface area (Å²) < 4.78 is 8.53. The SMILES string of the molecule is C/C=C(\C=C/CC)Cn1ncc2cc(Nc3ncnc4cc(C#CC5CCCN5C(=O)OC(C)(C)C)sc34)ccc21. The third-order valence-electron chi connectivity index (χ3n) is 6.73. The van der Waals surface area contributed by atoms with Gasteiger partial charge in [-0.25, -0.2) is 14.8 Å². The Morgan fingerprint density at radius 2 is 2.12 bits per heavy atom. The van der Waals surface area contributed by atoms with E-state index in [1.807, 2.05) is 43.8 Å². The molecule has 0 saturated carbocycles. The molecular formula is C32H36N6O2S. The predicted molar refractivity (Wildman–Crippen MR) is 166 cm³/mol. The van der Waals surface area contributed by atoms with Gasteiger partial charge in [-0.05, 0) is 76.8 Å². The number of rotatable bonds is 6. The fourth-order valence-corrected chi connectivity index (χ4v) is 5.64. The molecule has 4 aromatic rings. The summed E-state index contributed by atoms with van der Waals surface area (Å²) >= 11 is 1.54. The number of fused-ring (bicyclic) bond motifs is 2. The fraction of sp³-hybridized carbons (Fsp3) is 0.375. The van der Waals surface area contributed by atoms with Gasteiger partial charge < -0.3 is 10.1 Å². The standard InChI is InChI=1S/C32H36N6O2S/c1-6-8-10-22(7-2)20-38-28-15-12-24(17-23(28)19-35-38)36-30-29-27(33-21-34-30)18-26(41-29)14-13-25-11-9-16-37(25)31(39)40-32(3,4)5/h7-8,10,12,15,17-19,21,25H,6,9,11,16,20H2,1-5H3,(H,33,34,36)/b10-8-,22-7+. The molecular weight excluding hydrogens is 532 g/mol. The Labute approximate surface area is 245 Å². The van der Waals surface area contributed by atoms with E-state index in [9.17, 15) is 4.79 Å². The molecule has 1 aromatic carbocycles. The molecule has 0 bridgehead atoms. The third-order valence-corrected chi connectivity index (χ3v) is 7.78. The van der Waals surface area contributed by atoms with E-state index in [4.69, 9.17) is 4.74 Å². The van der Waals surface area contributed by atoms with Crippen molar-refractivity contribution in [1.29, 1.82) is 0 Å². The molecule has 0 spiro atoms. The number of likely N-dealkylation sites (tertiary alicyclic amines) is 1. The molecule has 1 atom stereocenters. The van der Waals surface area contributed by atoms with E-state index in [1.54, 1.807) is 22.6 Å². The number of thiophene rings is 1. The van der Waals surface area contributed by atoms with Crippen LogP contribution in [0.25, 0.3) is 21.1 Å². The molecule has 1 saturated heterocycles. The fourth-order valence-electron chi connectivity index (χ4n) is 4.73. The second-order valence-electron chi connectivity index (χ2n) is 11.0. The molecule has 0 aliphatic carbocycles. The Hall–Kier alpha value is -4.16. The Bertz CT molecular complexity index is 1680. The maximum absolute atomic E-state index is 12.6. The molecule has 41 heavy (non-hydrogen) atoms. The van der Waals surface area contributed by atoms with Crippen molar-refractivity contribution in [1.82, 2.24) is 24.6 Å². The highest BCUT2D eigenvalue weighted by Gasteiger charge is 2.31. The molecule has 0 radical (unpaired) electrons. The lowest BCUT2D eigenvalue weighted by molar-refractivity contribution is 0.0261. The van der Waals surface area contributed by atoms with Crippen LogP contribution in [-0.2, 0) is 11.3 Å². The van der Waals surface area contributed by atoms with Crippen molar-refractivity contribution in [2.24, 2.45) is 0 Å². The Kier molecular flexibility index (Phi) is 8.41. The molecule has 1 aliphatic rings. The number of carbonyl (C=O) groups excluding carboxylic acids is 1. The predicted octanol–water partition coefficient (Wildman–Crippen LogP) is 7.45. The maximum Gasteiger partial charge on any atom is 0.411 e. The summed E-state index contributed by atoms with van der Waals surface area (Å²) in [6, 6.07) is 8.04. The lowest BCUT2D eigenvalue weighted by Crippen LogP contribution is -2.39. The summed E-state index contributed by atoms with van der Waals surface area (Å²) in [5.74, 6) is 7.31. The van der Waals surface area contributed by atoms with Gasteiger partial charge >= 0.3 is 6.09 Å². The topological polar surface area (TPSA) is 85.2 Å². The van der Waals surface area contributed by atoms with Crippen LogP contribution < -0.4 is 5.32 Å². The summed E-state index contributed by atoms with van der Waals surface area (Å²) in [5.41, 5.74) is 3.53. The van der Waals surface area contributed by atoms with E-state index >= 15 is 0 Å². The van der Waals surface area contributed by atoms with Gasteiger partial charge in [0.05, 0.1) is 39.4 Å². The van der Waals surface area contributed by atoms with Gasteiger partial charge in [0, 0.05) is 17.6 Å². The number of allylic oxidation sites excluding steroid dienone is 4. The number of hydrogen-bond donors (Lipinski definition) is 1. The average Bonchev–Trinajstić information content (AvgIpc) is 3.67. The molecule has 212 valence electrons. The highest BCUT2D eigenvalue weighted by molar-refractivity contribution is 7.20. The Morgan fingerprint density at radius 1 is 1.27 bits per heavy atom. The lowest BCUT2D eigenvalue weighted by atomic mass is 10.2. The minimum Gasteiger partial charge on any atom is -0.444 e. The van der Waals surface area contributed by atoms with Gasteiger partial charge in [0.2, 0.25) is 0 Å². The van der Waals surface area contributed by atoms with Gasteiger partial charge in [-0.15, -0.1) is 11.3 Å². The third kappa shape index (κ3) is 6.77. The smallest absolute Gasteiger partial charge is 0.411 e. The first-order chi connectivity index (χ1) is 19.7. The monoisotopic (exact) mass is 568 g/mol. The molecule has 1 N–H and O–H groups in total. The maximum atomic E-state index is 12.6. The van der Waals surface area contributed by atoms with E-state index in [-0.39, 0.29) is 12.1 Å². The molecule has 1 aliphatic heterocycles. The van der Waals surface area contributed by atoms with Crippen LogP contribution in [0.2, 0.25) is 0 Å². The van der Waals surface area contributed by atoms with Crippen LogP contribution in [0, 0.1) is 11.8 Å². The van der Waals surface area contributed by atoms with Crippen LogP contribution >= 0.6 is 11.3 Å². The summed E-state index contributed by atoms with van der Waals surface area (Å²) in [6.45, 7) is 11.2. The van der Waals surface area contributed by atoms with Gasteiger partial charge in [0.15, 0.2) is 5.82 Å². The first kappa shape index (κ1) is 28.4. The summed E-state index contributed by atoms with van der Waals surface area (Å²) in [5, 5.41) is 9.14. The van der Waals surface area contributed by atoms with Crippen molar-refractivity contribution in [3.8, 4) is 11.8 Å². The largest absolute Gasteiger partial charge is 0.444 e. The van der Waals surface area contributed by atoms with Crippen molar-refractivity contribution < 1.29 is 9.53 Å². The van der Waals surface area contributed by atoms with E-state index in [2.05, 4.69) is 76.4 Å². The number of amides is 1. The number of aromatic nitrogens is 4.